The lowest BCUT2D eigenvalue weighted by atomic mass is 9.89. The molecule has 118 valence electrons. The Morgan fingerprint density at radius 2 is 1.30 bits per heavy atom. The number of carboxylic acids is 1. The number of carboxylic acid groups (broad SMARTS) is 1. The van der Waals surface area contributed by atoms with Crippen LogP contribution in [0.3, 0.4) is 0 Å². The van der Waals surface area contributed by atoms with E-state index in [0.717, 1.165) is 12.8 Å². The third-order valence-corrected chi connectivity index (χ3v) is 3.93. The Bertz CT molecular complexity index is 275. The zero-order valence-electron chi connectivity index (χ0n) is 13.1. The van der Waals surface area contributed by atoms with Crippen LogP contribution in [0.1, 0.15) is 84.5 Å². The molecule has 3 N–H and O–H groups in total. The molecule has 0 saturated heterocycles. The predicted octanol–water partition coefficient (Wildman–Crippen LogP) is 3.67. The van der Waals surface area contributed by atoms with E-state index in [-0.39, 0.29) is 6.42 Å². The Labute approximate surface area is 123 Å². The average Bonchev–Trinajstić information content (AvgIpc) is 2.40. The van der Waals surface area contributed by atoms with Crippen molar-refractivity contribution in [2.24, 2.45) is 5.73 Å². The Kier molecular flexibility index (Phi) is 10.3. The van der Waals surface area contributed by atoms with Gasteiger partial charge in [0.2, 0.25) is 0 Å². The van der Waals surface area contributed by atoms with Gasteiger partial charge in [-0.25, -0.2) is 4.79 Å². The van der Waals surface area contributed by atoms with Crippen molar-refractivity contribution in [3.8, 4) is 0 Å². The van der Waals surface area contributed by atoms with Gasteiger partial charge in [0, 0.05) is 0 Å². The molecule has 0 spiro atoms. The SMILES string of the molecule is CCCCCCCCCCCCC(N)(C(C)=O)C(=O)O. The van der Waals surface area contributed by atoms with Crippen LogP contribution in [0.2, 0.25) is 0 Å². The van der Waals surface area contributed by atoms with E-state index >= 15 is 0 Å². The largest absolute Gasteiger partial charge is 0.480 e. The number of aliphatic carboxylic acids is 1. The number of carbonyl (C=O) groups excluding carboxylic acids is 1. The maximum Gasteiger partial charge on any atom is 0.331 e. The van der Waals surface area contributed by atoms with Gasteiger partial charge in [0.1, 0.15) is 0 Å². The summed E-state index contributed by atoms with van der Waals surface area (Å²) >= 11 is 0. The molecule has 0 saturated carbocycles. The summed E-state index contributed by atoms with van der Waals surface area (Å²) in [7, 11) is 0. The number of hydrogen-bond acceptors (Lipinski definition) is 3. The van der Waals surface area contributed by atoms with Crippen LogP contribution in [0.25, 0.3) is 0 Å². The van der Waals surface area contributed by atoms with Gasteiger partial charge in [-0.2, -0.15) is 0 Å². The lowest BCUT2D eigenvalue weighted by molar-refractivity contribution is -0.148. The smallest absolute Gasteiger partial charge is 0.331 e. The summed E-state index contributed by atoms with van der Waals surface area (Å²) < 4.78 is 0. The molecule has 4 heteroatoms. The molecule has 0 amide bonds. The minimum atomic E-state index is -1.68. The van der Waals surface area contributed by atoms with Crippen LogP contribution in [-0.4, -0.2) is 22.4 Å². The van der Waals surface area contributed by atoms with E-state index in [2.05, 4.69) is 6.92 Å². The highest BCUT2D eigenvalue weighted by Crippen LogP contribution is 2.16. The number of ketones is 1. The van der Waals surface area contributed by atoms with Crippen molar-refractivity contribution in [3.05, 3.63) is 0 Å². The maximum atomic E-state index is 11.3. The molecule has 1 atom stereocenters. The topological polar surface area (TPSA) is 80.4 Å². The molecule has 0 radical (unpaired) electrons. The second kappa shape index (κ2) is 10.8. The van der Waals surface area contributed by atoms with Gasteiger partial charge < -0.3 is 10.8 Å². The van der Waals surface area contributed by atoms with E-state index in [0.29, 0.717) is 6.42 Å². The Morgan fingerprint density at radius 3 is 1.65 bits per heavy atom. The molecular formula is C16H31NO3. The number of hydrogen-bond donors (Lipinski definition) is 2. The fourth-order valence-corrected chi connectivity index (χ4v) is 2.32. The van der Waals surface area contributed by atoms with Gasteiger partial charge >= 0.3 is 5.97 Å². The van der Waals surface area contributed by atoms with Gasteiger partial charge in [0.05, 0.1) is 0 Å². The van der Waals surface area contributed by atoms with Crippen LogP contribution >= 0.6 is 0 Å². The fourth-order valence-electron chi connectivity index (χ4n) is 2.32. The first-order chi connectivity index (χ1) is 9.45. The summed E-state index contributed by atoms with van der Waals surface area (Å²) in [5.74, 6) is -1.66. The highest BCUT2D eigenvalue weighted by atomic mass is 16.4. The second-order valence-electron chi connectivity index (χ2n) is 5.76. The van der Waals surface area contributed by atoms with E-state index in [4.69, 9.17) is 10.8 Å². The zero-order chi connectivity index (χ0) is 15.4. The first-order valence-electron chi connectivity index (χ1n) is 7.98. The summed E-state index contributed by atoms with van der Waals surface area (Å²) in [5.41, 5.74) is 3.96. The number of carbonyl (C=O) groups is 2. The van der Waals surface area contributed by atoms with Crippen molar-refractivity contribution in [2.45, 2.75) is 90.0 Å². The van der Waals surface area contributed by atoms with E-state index in [9.17, 15) is 9.59 Å². The van der Waals surface area contributed by atoms with Crippen molar-refractivity contribution >= 4 is 11.8 Å². The summed E-state index contributed by atoms with van der Waals surface area (Å²) in [5, 5.41) is 9.00. The third-order valence-electron chi connectivity index (χ3n) is 3.93. The average molecular weight is 285 g/mol. The van der Waals surface area contributed by atoms with Gasteiger partial charge in [-0.1, -0.05) is 71.1 Å². The Hall–Kier alpha value is -0.900. The lowest BCUT2D eigenvalue weighted by Gasteiger charge is -2.21. The molecule has 4 nitrogen and oxygen atoms in total. The first kappa shape index (κ1) is 19.1. The molecule has 20 heavy (non-hydrogen) atoms. The molecule has 0 aromatic carbocycles. The molecule has 0 aliphatic heterocycles. The predicted molar refractivity (Wildman–Crippen MR) is 81.7 cm³/mol. The highest BCUT2D eigenvalue weighted by Gasteiger charge is 2.38. The van der Waals surface area contributed by atoms with Crippen LogP contribution in [0.4, 0.5) is 0 Å². The minimum Gasteiger partial charge on any atom is -0.480 e. The maximum absolute atomic E-state index is 11.3. The van der Waals surface area contributed by atoms with Crippen LogP contribution < -0.4 is 5.73 Å². The summed E-state index contributed by atoms with van der Waals surface area (Å²) in [6, 6.07) is 0. The minimum absolute atomic E-state index is 0.244. The molecule has 0 bridgehead atoms. The molecular weight excluding hydrogens is 254 g/mol. The van der Waals surface area contributed by atoms with E-state index in [1.54, 1.807) is 0 Å². The van der Waals surface area contributed by atoms with Crippen LogP contribution in [0.5, 0.6) is 0 Å². The second-order valence-corrected chi connectivity index (χ2v) is 5.76. The van der Waals surface area contributed by atoms with Crippen LogP contribution in [0.15, 0.2) is 0 Å². The van der Waals surface area contributed by atoms with Crippen molar-refractivity contribution < 1.29 is 14.7 Å². The van der Waals surface area contributed by atoms with Crippen molar-refractivity contribution in [3.63, 3.8) is 0 Å². The number of nitrogens with two attached hydrogens (primary N) is 1. The molecule has 0 fully saturated rings. The van der Waals surface area contributed by atoms with Crippen molar-refractivity contribution in [1.29, 1.82) is 0 Å². The van der Waals surface area contributed by atoms with Crippen LogP contribution in [-0.2, 0) is 9.59 Å². The molecule has 0 aromatic heterocycles. The van der Waals surface area contributed by atoms with Crippen molar-refractivity contribution in [1.82, 2.24) is 0 Å². The Balaban J connectivity index is 3.56. The van der Waals surface area contributed by atoms with Crippen LogP contribution in [0, 0.1) is 0 Å². The fraction of sp³-hybridized carbons (Fsp3) is 0.875. The first-order valence-corrected chi connectivity index (χ1v) is 7.98. The number of unbranched alkanes of at least 4 members (excludes halogenated alkanes) is 9. The molecule has 0 aliphatic carbocycles. The monoisotopic (exact) mass is 285 g/mol. The normalized spacial score (nSPS) is 13.9. The van der Waals surface area contributed by atoms with Gasteiger partial charge in [0.15, 0.2) is 11.3 Å². The molecule has 0 rings (SSSR count). The van der Waals surface area contributed by atoms with E-state index in [1.807, 2.05) is 0 Å². The van der Waals surface area contributed by atoms with Crippen molar-refractivity contribution in [2.75, 3.05) is 0 Å². The molecule has 0 heterocycles. The summed E-state index contributed by atoms with van der Waals surface area (Å²) in [6.45, 7) is 3.47. The van der Waals surface area contributed by atoms with E-state index < -0.39 is 17.3 Å². The molecule has 0 aliphatic rings. The molecule has 1 unspecified atom stereocenters. The quantitative estimate of drug-likeness (QED) is 0.399. The standard InChI is InChI=1S/C16H31NO3/c1-3-4-5-6-7-8-9-10-11-12-13-16(17,14(2)18)15(19)20/h3-13,17H2,1-2H3,(H,19,20). The molecule has 0 aromatic rings. The number of Topliss-reactive ketones (excluding diaryl/α,β-unsaturated/α-hetero) is 1. The Morgan fingerprint density at radius 1 is 0.900 bits per heavy atom. The van der Waals surface area contributed by atoms with Gasteiger partial charge in [-0.3, -0.25) is 4.79 Å². The lowest BCUT2D eigenvalue weighted by Crippen LogP contribution is -2.53. The summed E-state index contributed by atoms with van der Waals surface area (Å²) in [6.07, 6.45) is 12.0. The van der Waals surface area contributed by atoms with Gasteiger partial charge in [-0.05, 0) is 13.3 Å². The highest BCUT2D eigenvalue weighted by molar-refractivity contribution is 6.06. The van der Waals surface area contributed by atoms with E-state index in [1.165, 1.54) is 51.9 Å². The van der Waals surface area contributed by atoms with Gasteiger partial charge in [-0.15, -0.1) is 0 Å². The summed E-state index contributed by atoms with van der Waals surface area (Å²) in [4.78, 5) is 22.3. The van der Waals surface area contributed by atoms with Gasteiger partial charge in [0.25, 0.3) is 0 Å². The number of rotatable bonds is 13. The zero-order valence-corrected chi connectivity index (χ0v) is 13.1. The third kappa shape index (κ3) is 7.63.